The fourth-order valence-corrected chi connectivity index (χ4v) is 1.39. The number of amides is 1. The number of carbonyl (C=O) groups is 1. The molecule has 0 aromatic heterocycles. The Kier molecular flexibility index (Phi) is 5.36. The Morgan fingerprint density at radius 1 is 1.38 bits per heavy atom. The molecule has 1 amide bonds. The molecule has 3 N–H and O–H groups in total. The van der Waals surface area contributed by atoms with Gasteiger partial charge >= 0.3 is 0 Å². The van der Waals surface area contributed by atoms with Gasteiger partial charge in [-0.2, -0.15) is 0 Å². The van der Waals surface area contributed by atoms with Gasteiger partial charge in [0.1, 0.15) is 5.75 Å². The van der Waals surface area contributed by atoms with Crippen molar-refractivity contribution < 1.29 is 15.0 Å². The number of aliphatic hydroxyl groups is 1. The third kappa shape index (κ3) is 4.79. The molecule has 0 aliphatic rings. The molecule has 0 bridgehead atoms. The van der Waals surface area contributed by atoms with Gasteiger partial charge in [0.15, 0.2) is 0 Å². The van der Waals surface area contributed by atoms with Crippen LogP contribution in [0, 0.1) is 0 Å². The van der Waals surface area contributed by atoms with Crippen molar-refractivity contribution in [2.75, 3.05) is 13.2 Å². The van der Waals surface area contributed by atoms with Crippen LogP contribution in [-0.4, -0.2) is 29.3 Å². The smallest absolute Gasteiger partial charge is 0.220 e. The minimum atomic E-state index is -0.0470. The minimum absolute atomic E-state index is 0.0416. The first kappa shape index (κ1) is 12.5. The third-order valence-electron chi connectivity index (χ3n) is 2.21. The molecular formula is C12H17NO3. The first-order valence-electron chi connectivity index (χ1n) is 5.38. The lowest BCUT2D eigenvalue weighted by atomic mass is 10.1. The number of hydrogen-bond donors (Lipinski definition) is 3. The van der Waals surface area contributed by atoms with Gasteiger partial charge in [0.2, 0.25) is 5.91 Å². The van der Waals surface area contributed by atoms with Gasteiger partial charge < -0.3 is 15.5 Å². The van der Waals surface area contributed by atoms with Crippen molar-refractivity contribution in [2.45, 2.75) is 19.3 Å². The Morgan fingerprint density at radius 2 is 2.19 bits per heavy atom. The molecular weight excluding hydrogens is 206 g/mol. The summed E-state index contributed by atoms with van der Waals surface area (Å²) < 4.78 is 0. The van der Waals surface area contributed by atoms with Crippen molar-refractivity contribution >= 4 is 5.91 Å². The van der Waals surface area contributed by atoms with Crippen molar-refractivity contribution in [2.24, 2.45) is 0 Å². The van der Waals surface area contributed by atoms with E-state index in [1.807, 2.05) is 6.07 Å². The van der Waals surface area contributed by atoms with E-state index in [0.29, 0.717) is 25.8 Å². The molecule has 1 aromatic rings. The van der Waals surface area contributed by atoms with Crippen molar-refractivity contribution in [3.05, 3.63) is 29.8 Å². The average Bonchev–Trinajstić information content (AvgIpc) is 2.26. The number of nitrogens with one attached hydrogen (secondary N) is 1. The number of rotatable bonds is 6. The molecule has 1 rings (SSSR count). The first-order valence-corrected chi connectivity index (χ1v) is 5.38. The van der Waals surface area contributed by atoms with E-state index >= 15 is 0 Å². The molecule has 0 aliphatic heterocycles. The molecule has 0 unspecified atom stereocenters. The second-order valence-electron chi connectivity index (χ2n) is 3.60. The van der Waals surface area contributed by atoms with Crippen molar-refractivity contribution in [3.8, 4) is 5.75 Å². The van der Waals surface area contributed by atoms with Crippen LogP contribution in [0.5, 0.6) is 5.75 Å². The van der Waals surface area contributed by atoms with Crippen LogP contribution >= 0.6 is 0 Å². The molecule has 0 saturated heterocycles. The summed E-state index contributed by atoms with van der Waals surface area (Å²) in [6.07, 6.45) is 1.55. The van der Waals surface area contributed by atoms with E-state index < -0.39 is 0 Å². The largest absolute Gasteiger partial charge is 0.508 e. The van der Waals surface area contributed by atoms with Crippen LogP contribution in [0.1, 0.15) is 18.4 Å². The predicted molar refractivity (Wildman–Crippen MR) is 61.1 cm³/mol. The van der Waals surface area contributed by atoms with E-state index in [9.17, 15) is 9.90 Å². The number of aromatic hydroxyl groups is 1. The summed E-state index contributed by atoms with van der Waals surface area (Å²) >= 11 is 0. The molecule has 0 heterocycles. The Hall–Kier alpha value is -1.55. The zero-order valence-electron chi connectivity index (χ0n) is 9.15. The lowest BCUT2D eigenvalue weighted by Gasteiger charge is -2.05. The van der Waals surface area contributed by atoms with E-state index in [0.717, 1.165) is 5.56 Å². The van der Waals surface area contributed by atoms with Crippen LogP contribution in [0.15, 0.2) is 24.3 Å². The highest BCUT2D eigenvalue weighted by Crippen LogP contribution is 2.10. The summed E-state index contributed by atoms with van der Waals surface area (Å²) in [5.74, 6) is 0.193. The molecule has 88 valence electrons. The van der Waals surface area contributed by atoms with Crippen molar-refractivity contribution in [1.82, 2.24) is 5.32 Å². The number of phenols is 1. The number of benzene rings is 1. The fraction of sp³-hybridized carbons (Fsp3) is 0.417. The predicted octanol–water partition coefficient (Wildman–Crippen LogP) is 0.823. The molecule has 0 aliphatic carbocycles. The molecule has 0 saturated carbocycles. The Bertz CT molecular complexity index is 339. The lowest BCUT2D eigenvalue weighted by molar-refractivity contribution is -0.121. The summed E-state index contributed by atoms with van der Waals surface area (Å²) in [5, 5.41) is 20.5. The summed E-state index contributed by atoms with van der Waals surface area (Å²) in [7, 11) is 0. The summed E-state index contributed by atoms with van der Waals surface area (Å²) in [5.41, 5.74) is 0.988. The van der Waals surface area contributed by atoms with E-state index in [1.54, 1.807) is 18.2 Å². The first-order chi connectivity index (χ1) is 7.72. The molecule has 0 radical (unpaired) electrons. The highest BCUT2D eigenvalue weighted by atomic mass is 16.3. The van der Waals surface area contributed by atoms with Crippen molar-refractivity contribution in [3.63, 3.8) is 0 Å². The zero-order chi connectivity index (χ0) is 11.8. The Morgan fingerprint density at radius 3 is 2.88 bits per heavy atom. The molecule has 4 nitrogen and oxygen atoms in total. The monoisotopic (exact) mass is 223 g/mol. The van der Waals surface area contributed by atoms with Gasteiger partial charge in [-0.3, -0.25) is 4.79 Å². The standard InChI is InChI=1S/C12H17NO3/c14-8-2-5-12(16)13-7-6-10-3-1-4-11(15)9-10/h1,3-4,9,14-15H,2,5-8H2,(H,13,16). The zero-order valence-corrected chi connectivity index (χ0v) is 9.15. The van der Waals surface area contributed by atoms with Gasteiger partial charge in [-0.05, 0) is 30.5 Å². The maximum Gasteiger partial charge on any atom is 0.220 e. The summed E-state index contributed by atoms with van der Waals surface area (Å²) in [4.78, 5) is 11.2. The van der Waals surface area contributed by atoms with Gasteiger partial charge in [-0.25, -0.2) is 0 Å². The highest BCUT2D eigenvalue weighted by Gasteiger charge is 2.00. The molecule has 0 fully saturated rings. The van der Waals surface area contributed by atoms with E-state index in [4.69, 9.17) is 5.11 Å². The second kappa shape index (κ2) is 6.85. The third-order valence-corrected chi connectivity index (χ3v) is 2.21. The minimum Gasteiger partial charge on any atom is -0.508 e. The number of carbonyl (C=O) groups excluding carboxylic acids is 1. The highest BCUT2D eigenvalue weighted by molar-refractivity contribution is 5.75. The van der Waals surface area contributed by atoms with E-state index in [1.165, 1.54) is 0 Å². The van der Waals surface area contributed by atoms with Gasteiger partial charge in [0.25, 0.3) is 0 Å². The van der Waals surface area contributed by atoms with E-state index in [2.05, 4.69) is 5.32 Å². The second-order valence-corrected chi connectivity index (χ2v) is 3.60. The summed E-state index contributed by atoms with van der Waals surface area (Å²) in [6.45, 7) is 0.591. The van der Waals surface area contributed by atoms with Crippen LogP contribution in [0.2, 0.25) is 0 Å². The summed E-state index contributed by atoms with van der Waals surface area (Å²) in [6, 6.07) is 6.97. The topological polar surface area (TPSA) is 69.6 Å². The maximum atomic E-state index is 11.2. The SMILES string of the molecule is O=C(CCCO)NCCc1cccc(O)c1. The van der Waals surface area contributed by atoms with Gasteiger partial charge in [-0.1, -0.05) is 12.1 Å². The van der Waals surface area contributed by atoms with Crippen LogP contribution in [0.4, 0.5) is 0 Å². The maximum absolute atomic E-state index is 11.2. The Balaban J connectivity index is 2.22. The molecule has 16 heavy (non-hydrogen) atoms. The lowest BCUT2D eigenvalue weighted by Crippen LogP contribution is -2.25. The number of phenolic OH excluding ortho intramolecular Hbond substituents is 1. The van der Waals surface area contributed by atoms with Crippen LogP contribution in [0.3, 0.4) is 0 Å². The molecule has 4 heteroatoms. The van der Waals surface area contributed by atoms with Crippen LogP contribution < -0.4 is 5.32 Å². The number of hydrogen-bond acceptors (Lipinski definition) is 3. The Labute approximate surface area is 94.9 Å². The van der Waals surface area contributed by atoms with Crippen LogP contribution in [0.25, 0.3) is 0 Å². The molecule has 0 spiro atoms. The van der Waals surface area contributed by atoms with E-state index in [-0.39, 0.29) is 18.3 Å². The molecule has 1 aromatic carbocycles. The van der Waals surface area contributed by atoms with Gasteiger partial charge in [0, 0.05) is 19.6 Å². The fourth-order valence-electron chi connectivity index (χ4n) is 1.39. The number of aliphatic hydroxyl groups excluding tert-OH is 1. The molecule has 0 atom stereocenters. The van der Waals surface area contributed by atoms with Gasteiger partial charge in [-0.15, -0.1) is 0 Å². The van der Waals surface area contributed by atoms with Crippen LogP contribution in [-0.2, 0) is 11.2 Å². The average molecular weight is 223 g/mol. The normalized spacial score (nSPS) is 10.1. The van der Waals surface area contributed by atoms with Gasteiger partial charge in [0.05, 0.1) is 0 Å². The quantitative estimate of drug-likeness (QED) is 0.669. The van der Waals surface area contributed by atoms with Crippen molar-refractivity contribution in [1.29, 1.82) is 0 Å².